The summed E-state index contributed by atoms with van der Waals surface area (Å²) in [6.45, 7) is 0. The summed E-state index contributed by atoms with van der Waals surface area (Å²) in [6, 6.07) is 5.47. The number of aliphatic carboxylic acids is 1. The number of halogens is 1. The molecule has 2 aromatic rings. The Balaban J connectivity index is 2.18. The Kier molecular flexibility index (Phi) is 4.90. The van der Waals surface area contributed by atoms with Crippen LogP contribution in [-0.2, 0) is 11.2 Å². The molecule has 10 heteroatoms. The monoisotopic (exact) mass is 378 g/mol. The Bertz CT molecular complexity index is 939. The molecular weight excluding hydrogens is 364 g/mol. The Labute approximate surface area is 152 Å². The summed E-state index contributed by atoms with van der Waals surface area (Å²) < 4.78 is 1.07. The van der Waals surface area contributed by atoms with Crippen molar-refractivity contribution in [3.8, 4) is 5.69 Å². The van der Waals surface area contributed by atoms with E-state index in [1.165, 1.54) is 24.3 Å². The number of nitro groups is 1. The van der Waals surface area contributed by atoms with Gasteiger partial charge >= 0.3 is 5.97 Å². The fourth-order valence-corrected chi connectivity index (χ4v) is 2.92. The van der Waals surface area contributed by atoms with Gasteiger partial charge in [-0.05, 0) is 25.3 Å². The molecule has 0 aliphatic heterocycles. The third kappa shape index (κ3) is 3.52. The van der Waals surface area contributed by atoms with Crippen LogP contribution in [0.5, 0.6) is 0 Å². The lowest BCUT2D eigenvalue weighted by atomic mass is 9.93. The van der Waals surface area contributed by atoms with Crippen LogP contribution in [-0.4, -0.2) is 31.6 Å². The van der Waals surface area contributed by atoms with Crippen LogP contribution in [0, 0.1) is 10.1 Å². The van der Waals surface area contributed by atoms with Gasteiger partial charge in [-0.2, -0.15) is 0 Å². The number of aromatic nitrogens is 2. The highest BCUT2D eigenvalue weighted by atomic mass is 35.5. The second kappa shape index (κ2) is 7.12. The molecular formula is C16H15ClN4O5. The van der Waals surface area contributed by atoms with E-state index >= 15 is 0 Å². The number of hydrogen-bond donors (Lipinski definition) is 2. The van der Waals surface area contributed by atoms with Gasteiger partial charge in [0.05, 0.1) is 22.7 Å². The van der Waals surface area contributed by atoms with E-state index in [4.69, 9.17) is 16.7 Å². The van der Waals surface area contributed by atoms with Crippen molar-refractivity contribution in [2.24, 2.45) is 0 Å². The largest absolute Gasteiger partial charge is 0.481 e. The van der Waals surface area contributed by atoms with E-state index in [0.717, 1.165) is 23.8 Å². The first-order valence-corrected chi connectivity index (χ1v) is 8.29. The number of carboxylic acids is 1. The molecule has 0 spiro atoms. The van der Waals surface area contributed by atoms with Gasteiger partial charge in [0.25, 0.3) is 11.2 Å². The number of nitrogens with one attached hydrogen (secondary N) is 1. The molecule has 1 aromatic heterocycles. The summed E-state index contributed by atoms with van der Waals surface area (Å²) in [4.78, 5) is 38.5. The van der Waals surface area contributed by atoms with E-state index in [2.05, 4.69) is 10.3 Å². The van der Waals surface area contributed by atoms with Crippen LogP contribution in [0.25, 0.3) is 5.69 Å². The molecule has 1 saturated carbocycles. The minimum atomic E-state index is -1.20. The highest BCUT2D eigenvalue weighted by Gasteiger charge is 2.24. The molecule has 0 saturated heterocycles. The zero-order chi connectivity index (χ0) is 18.8. The van der Waals surface area contributed by atoms with Gasteiger partial charge in [0.1, 0.15) is 0 Å². The molecule has 1 fully saturated rings. The lowest BCUT2D eigenvalue weighted by Crippen LogP contribution is -2.34. The van der Waals surface area contributed by atoms with Crippen molar-refractivity contribution in [1.29, 1.82) is 0 Å². The first-order valence-electron chi connectivity index (χ1n) is 7.91. The van der Waals surface area contributed by atoms with Crippen LogP contribution in [0.4, 0.5) is 11.5 Å². The minimum absolute atomic E-state index is 0.000319. The maximum absolute atomic E-state index is 12.9. The number of benzene rings is 1. The molecule has 26 heavy (non-hydrogen) atoms. The van der Waals surface area contributed by atoms with Gasteiger partial charge in [-0.3, -0.25) is 24.3 Å². The molecule has 1 aromatic carbocycles. The lowest BCUT2D eigenvalue weighted by molar-refractivity contribution is -0.384. The van der Waals surface area contributed by atoms with Crippen molar-refractivity contribution in [3.63, 3.8) is 0 Å². The predicted octanol–water partition coefficient (Wildman–Crippen LogP) is 2.39. The first kappa shape index (κ1) is 17.9. The number of carbonyl (C=O) groups is 1. The molecule has 0 amide bonds. The van der Waals surface area contributed by atoms with E-state index < -0.39 is 22.9 Å². The van der Waals surface area contributed by atoms with E-state index in [1.54, 1.807) is 0 Å². The topological polar surface area (TPSA) is 127 Å². The number of non-ortho nitro benzene ring substituents is 1. The van der Waals surface area contributed by atoms with E-state index in [-0.39, 0.29) is 34.1 Å². The minimum Gasteiger partial charge on any atom is -0.481 e. The highest BCUT2D eigenvalue weighted by molar-refractivity contribution is 6.30. The third-order valence-electron chi connectivity index (χ3n) is 4.19. The molecule has 9 nitrogen and oxygen atoms in total. The molecule has 0 radical (unpaired) electrons. The number of hydrogen-bond acceptors (Lipinski definition) is 6. The van der Waals surface area contributed by atoms with Crippen molar-refractivity contribution in [1.82, 2.24) is 9.55 Å². The first-order chi connectivity index (χ1) is 12.4. The van der Waals surface area contributed by atoms with Gasteiger partial charge < -0.3 is 10.4 Å². The number of rotatable bonds is 6. The van der Waals surface area contributed by atoms with Crippen LogP contribution in [0.15, 0.2) is 29.1 Å². The van der Waals surface area contributed by atoms with Crippen molar-refractivity contribution >= 4 is 29.1 Å². The second-order valence-electron chi connectivity index (χ2n) is 5.96. The maximum atomic E-state index is 12.9. The van der Waals surface area contributed by atoms with E-state index in [1.807, 2.05) is 0 Å². The number of nitrogens with zero attached hydrogens (tertiary/aromatic N) is 3. The summed E-state index contributed by atoms with van der Waals surface area (Å²) in [5, 5.41) is 23.0. The number of carboxylic acid groups (broad SMARTS) is 1. The summed E-state index contributed by atoms with van der Waals surface area (Å²) in [6.07, 6.45) is 2.29. The van der Waals surface area contributed by atoms with E-state index in [0.29, 0.717) is 0 Å². The van der Waals surface area contributed by atoms with Crippen LogP contribution in [0.1, 0.15) is 25.0 Å². The van der Waals surface area contributed by atoms with Gasteiger partial charge in [0, 0.05) is 18.2 Å². The molecule has 0 unspecified atom stereocenters. The van der Waals surface area contributed by atoms with Crippen molar-refractivity contribution in [3.05, 3.63) is 55.6 Å². The van der Waals surface area contributed by atoms with Crippen molar-refractivity contribution in [2.45, 2.75) is 31.7 Å². The third-order valence-corrected chi connectivity index (χ3v) is 4.49. The van der Waals surface area contributed by atoms with Gasteiger partial charge in [-0.1, -0.05) is 17.7 Å². The molecule has 1 aliphatic carbocycles. The molecule has 2 N–H and O–H groups in total. The normalized spacial score (nSPS) is 13.9. The smallest absolute Gasteiger partial charge is 0.309 e. The lowest BCUT2D eigenvalue weighted by Gasteiger charge is -2.27. The van der Waals surface area contributed by atoms with Gasteiger partial charge in [0.15, 0.2) is 11.0 Å². The Morgan fingerprint density at radius 3 is 2.77 bits per heavy atom. The molecule has 136 valence electrons. The van der Waals surface area contributed by atoms with Crippen molar-refractivity contribution < 1.29 is 14.8 Å². The fraction of sp³-hybridized carbons (Fsp3) is 0.312. The Morgan fingerprint density at radius 2 is 2.19 bits per heavy atom. The second-order valence-corrected chi connectivity index (χ2v) is 6.32. The summed E-state index contributed by atoms with van der Waals surface area (Å²) >= 11 is 6.14. The summed E-state index contributed by atoms with van der Waals surface area (Å²) in [5.74, 6) is -1.20. The van der Waals surface area contributed by atoms with Gasteiger partial charge in [-0.25, -0.2) is 4.98 Å². The average Bonchev–Trinajstić information content (AvgIpc) is 2.55. The number of nitro benzene ring substituents is 1. The van der Waals surface area contributed by atoms with Crippen LogP contribution in [0.2, 0.25) is 5.15 Å². The quantitative estimate of drug-likeness (QED) is 0.583. The summed E-state index contributed by atoms with van der Waals surface area (Å²) in [7, 11) is 0. The molecule has 1 aliphatic rings. The predicted molar refractivity (Wildman–Crippen MR) is 94.1 cm³/mol. The van der Waals surface area contributed by atoms with Gasteiger partial charge in [0.2, 0.25) is 0 Å². The average molecular weight is 379 g/mol. The Hall–Kier alpha value is -2.94. The maximum Gasteiger partial charge on any atom is 0.309 e. The Morgan fingerprint density at radius 1 is 1.46 bits per heavy atom. The standard InChI is InChI=1S/C16H15ClN4O5/c17-14-12(8-13(22)23)20(10-5-2-6-11(7-10)21(25)26)16(24)15(19-14)18-9-3-1-4-9/h2,5-7,9H,1,3-4,8H2,(H,18,19)(H,22,23). The number of anilines is 1. The zero-order valence-corrected chi connectivity index (χ0v) is 14.3. The van der Waals surface area contributed by atoms with Gasteiger partial charge in [-0.15, -0.1) is 0 Å². The molecule has 0 atom stereocenters. The summed E-state index contributed by atoms with van der Waals surface area (Å²) in [5.41, 5.74) is -0.708. The zero-order valence-electron chi connectivity index (χ0n) is 13.5. The highest BCUT2D eigenvalue weighted by Crippen LogP contribution is 2.25. The van der Waals surface area contributed by atoms with Crippen molar-refractivity contribution in [2.75, 3.05) is 5.32 Å². The molecule has 0 bridgehead atoms. The SMILES string of the molecule is O=C(O)Cc1c(Cl)nc(NC2CCC2)c(=O)n1-c1cccc([N+](=O)[O-])c1. The molecule has 3 rings (SSSR count). The van der Waals surface area contributed by atoms with Crippen LogP contribution in [0.3, 0.4) is 0 Å². The van der Waals surface area contributed by atoms with Crippen LogP contribution >= 0.6 is 11.6 Å². The van der Waals surface area contributed by atoms with Crippen LogP contribution < -0.4 is 10.9 Å². The molecule has 1 heterocycles. The fourth-order valence-electron chi connectivity index (χ4n) is 2.69. The van der Waals surface area contributed by atoms with E-state index in [9.17, 15) is 19.7 Å².